The molecule has 0 aliphatic rings. The van der Waals surface area contributed by atoms with Gasteiger partial charge in [0.05, 0.1) is 5.33 Å². The van der Waals surface area contributed by atoms with Gasteiger partial charge in [0, 0.05) is 5.56 Å². The molecule has 12 heavy (non-hydrogen) atoms. The van der Waals surface area contributed by atoms with Crippen LogP contribution in [0.4, 0.5) is 4.39 Å². The van der Waals surface area contributed by atoms with E-state index in [1.165, 1.54) is 12.1 Å². The van der Waals surface area contributed by atoms with Gasteiger partial charge < -0.3 is 0 Å². The summed E-state index contributed by atoms with van der Waals surface area (Å²) >= 11 is 3.18. The van der Waals surface area contributed by atoms with Gasteiger partial charge in [0.25, 0.3) is 0 Å². The Morgan fingerprint density at radius 1 is 1.42 bits per heavy atom. The van der Waals surface area contributed by atoms with Gasteiger partial charge in [0.2, 0.25) is 0 Å². The van der Waals surface area contributed by atoms with E-state index >= 15 is 0 Å². The molecule has 2 heteroatoms. The summed E-state index contributed by atoms with van der Waals surface area (Å²) in [6.07, 6.45) is 0. The predicted octanol–water partition coefficient (Wildman–Crippen LogP) is 2.88. The second-order valence-electron chi connectivity index (χ2n) is 2.45. The molecule has 0 radical (unpaired) electrons. The van der Waals surface area contributed by atoms with Gasteiger partial charge in [-0.3, -0.25) is 0 Å². The number of aryl methyl sites for hydroxylation is 1. The maximum Gasteiger partial charge on any atom is 0.124 e. The zero-order valence-corrected chi connectivity index (χ0v) is 8.28. The second-order valence-corrected chi connectivity index (χ2v) is 3.01. The van der Waals surface area contributed by atoms with Crippen LogP contribution in [0.3, 0.4) is 0 Å². The highest BCUT2D eigenvalue weighted by Crippen LogP contribution is 2.06. The summed E-state index contributed by atoms with van der Waals surface area (Å²) < 4.78 is 12.8. The summed E-state index contributed by atoms with van der Waals surface area (Å²) in [5, 5.41) is 0.614. The van der Waals surface area contributed by atoms with E-state index in [4.69, 9.17) is 0 Å². The zero-order valence-electron chi connectivity index (χ0n) is 6.70. The van der Waals surface area contributed by atoms with Crippen LogP contribution in [0.25, 0.3) is 0 Å². The molecular weight excluding hydrogens is 219 g/mol. The fourth-order valence-electron chi connectivity index (χ4n) is 0.944. The third kappa shape index (κ3) is 2.67. The van der Waals surface area contributed by atoms with Crippen molar-refractivity contribution in [2.24, 2.45) is 0 Å². The van der Waals surface area contributed by atoms with Crippen LogP contribution in [0, 0.1) is 24.6 Å². The van der Waals surface area contributed by atoms with Crippen molar-refractivity contribution >= 4 is 15.9 Å². The highest BCUT2D eigenvalue weighted by molar-refractivity contribution is 9.09. The number of hydrogen-bond acceptors (Lipinski definition) is 0. The van der Waals surface area contributed by atoms with Gasteiger partial charge in [0.15, 0.2) is 0 Å². The average Bonchev–Trinajstić information content (AvgIpc) is 1.99. The van der Waals surface area contributed by atoms with Crippen LogP contribution in [-0.2, 0) is 0 Å². The Hall–Kier alpha value is -0.810. The largest absolute Gasteiger partial charge is 0.207 e. The summed E-state index contributed by atoms with van der Waals surface area (Å²) in [6.45, 7) is 1.85. The summed E-state index contributed by atoms with van der Waals surface area (Å²) in [5.74, 6) is 5.43. The van der Waals surface area contributed by atoms with Gasteiger partial charge in [-0.2, -0.15) is 0 Å². The molecule has 0 aliphatic heterocycles. The van der Waals surface area contributed by atoms with Gasteiger partial charge in [-0.1, -0.05) is 27.8 Å². The van der Waals surface area contributed by atoms with Gasteiger partial charge in [-0.25, -0.2) is 4.39 Å². The van der Waals surface area contributed by atoms with Crippen LogP contribution in [0.5, 0.6) is 0 Å². The first-order chi connectivity index (χ1) is 5.72. The summed E-state index contributed by atoms with van der Waals surface area (Å²) in [5.41, 5.74) is 1.63. The highest BCUT2D eigenvalue weighted by atomic mass is 79.9. The molecule has 0 bridgehead atoms. The molecule has 0 saturated heterocycles. The standard InChI is InChI=1S/C10H8BrF/c1-8-5-9(3-2-4-11)7-10(12)6-8/h5-7H,4H2,1H3. The first-order valence-corrected chi connectivity index (χ1v) is 4.66. The lowest BCUT2D eigenvalue weighted by atomic mass is 10.1. The monoisotopic (exact) mass is 226 g/mol. The van der Waals surface area contributed by atoms with Crippen molar-refractivity contribution in [1.29, 1.82) is 0 Å². The van der Waals surface area contributed by atoms with E-state index in [0.29, 0.717) is 5.33 Å². The van der Waals surface area contributed by atoms with Crippen molar-refractivity contribution < 1.29 is 4.39 Å². The smallest absolute Gasteiger partial charge is 0.124 e. The normalized spacial score (nSPS) is 8.92. The molecule has 0 aliphatic carbocycles. The Morgan fingerprint density at radius 2 is 2.17 bits per heavy atom. The van der Waals surface area contributed by atoms with E-state index < -0.39 is 0 Å². The van der Waals surface area contributed by atoms with Crippen molar-refractivity contribution in [3.05, 3.63) is 35.1 Å². The number of benzene rings is 1. The number of hydrogen-bond donors (Lipinski definition) is 0. The van der Waals surface area contributed by atoms with Crippen LogP contribution >= 0.6 is 15.9 Å². The minimum atomic E-state index is -0.228. The Bertz CT molecular complexity index is 313. The van der Waals surface area contributed by atoms with E-state index in [9.17, 15) is 4.39 Å². The lowest BCUT2D eigenvalue weighted by Crippen LogP contribution is -1.81. The molecule has 0 aromatic heterocycles. The molecule has 0 saturated carbocycles. The number of alkyl halides is 1. The molecule has 0 N–H and O–H groups in total. The molecular formula is C10H8BrF. The average molecular weight is 227 g/mol. The number of halogens is 2. The highest BCUT2D eigenvalue weighted by Gasteiger charge is 1.93. The number of rotatable bonds is 0. The Kier molecular flexibility index (Phi) is 3.31. The first-order valence-electron chi connectivity index (χ1n) is 3.54. The van der Waals surface area contributed by atoms with Gasteiger partial charge in [-0.15, -0.1) is 0 Å². The van der Waals surface area contributed by atoms with Crippen LogP contribution in [0.1, 0.15) is 11.1 Å². The second kappa shape index (κ2) is 4.27. The summed E-state index contributed by atoms with van der Waals surface area (Å²) in [7, 11) is 0. The van der Waals surface area contributed by atoms with Crippen LogP contribution in [0.2, 0.25) is 0 Å². The first kappa shape index (κ1) is 9.28. The van der Waals surface area contributed by atoms with Gasteiger partial charge in [0.1, 0.15) is 5.82 Å². The quantitative estimate of drug-likeness (QED) is 0.472. The zero-order chi connectivity index (χ0) is 8.97. The maximum atomic E-state index is 12.8. The maximum absolute atomic E-state index is 12.8. The van der Waals surface area contributed by atoms with Crippen LogP contribution in [0.15, 0.2) is 18.2 Å². The van der Waals surface area contributed by atoms with Crippen molar-refractivity contribution in [3.8, 4) is 11.8 Å². The van der Waals surface area contributed by atoms with Gasteiger partial charge in [-0.05, 0) is 30.7 Å². The Morgan fingerprint density at radius 3 is 2.75 bits per heavy atom. The molecule has 0 unspecified atom stereocenters. The van der Waals surface area contributed by atoms with E-state index in [-0.39, 0.29) is 5.82 Å². The molecule has 1 aromatic carbocycles. The van der Waals surface area contributed by atoms with E-state index in [0.717, 1.165) is 11.1 Å². The third-order valence-electron chi connectivity index (χ3n) is 1.34. The molecule has 1 rings (SSSR count). The van der Waals surface area contributed by atoms with Crippen molar-refractivity contribution in [2.45, 2.75) is 6.92 Å². The lowest BCUT2D eigenvalue weighted by molar-refractivity contribution is 0.626. The summed E-state index contributed by atoms with van der Waals surface area (Å²) in [6, 6.07) is 4.78. The fraction of sp³-hybridized carbons (Fsp3) is 0.200. The molecule has 0 heterocycles. The van der Waals surface area contributed by atoms with Crippen LogP contribution < -0.4 is 0 Å². The van der Waals surface area contributed by atoms with Crippen molar-refractivity contribution in [1.82, 2.24) is 0 Å². The van der Waals surface area contributed by atoms with E-state index in [2.05, 4.69) is 27.8 Å². The predicted molar refractivity (Wildman–Crippen MR) is 51.8 cm³/mol. The molecule has 62 valence electrons. The minimum absolute atomic E-state index is 0.228. The topological polar surface area (TPSA) is 0 Å². The SMILES string of the molecule is Cc1cc(F)cc(C#CCBr)c1. The fourth-order valence-corrected chi connectivity index (χ4v) is 1.08. The summed E-state index contributed by atoms with van der Waals surface area (Å²) in [4.78, 5) is 0. The third-order valence-corrected chi connectivity index (χ3v) is 1.62. The van der Waals surface area contributed by atoms with Crippen molar-refractivity contribution in [3.63, 3.8) is 0 Å². The van der Waals surface area contributed by atoms with Gasteiger partial charge >= 0.3 is 0 Å². The minimum Gasteiger partial charge on any atom is -0.207 e. The van der Waals surface area contributed by atoms with Crippen LogP contribution in [-0.4, -0.2) is 5.33 Å². The molecule has 0 spiro atoms. The molecule has 0 atom stereocenters. The lowest BCUT2D eigenvalue weighted by Gasteiger charge is -1.94. The Balaban J connectivity index is 3.01. The molecule has 0 nitrogen and oxygen atoms in total. The van der Waals surface area contributed by atoms with E-state index in [1.54, 1.807) is 0 Å². The van der Waals surface area contributed by atoms with E-state index in [1.807, 2.05) is 13.0 Å². The molecule has 0 amide bonds. The van der Waals surface area contributed by atoms with Crippen molar-refractivity contribution in [2.75, 3.05) is 5.33 Å². The molecule has 0 fully saturated rings. The molecule has 1 aromatic rings. The Labute approximate surface area is 79.9 Å².